The zero-order valence-corrected chi connectivity index (χ0v) is 11.4. The van der Waals surface area contributed by atoms with Crippen molar-refractivity contribution in [3.63, 3.8) is 0 Å². The molecule has 1 aromatic carbocycles. The highest BCUT2D eigenvalue weighted by molar-refractivity contribution is 5.84. The third kappa shape index (κ3) is 3.32. The molecule has 0 aliphatic rings. The van der Waals surface area contributed by atoms with E-state index < -0.39 is 0 Å². The lowest BCUT2D eigenvalue weighted by atomic mass is 10.1. The fraction of sp³-hybridized carbons (Fsp3) is 0.429. The quantitative estimate of drug-likeness (QED) is 0.617. The second kappa shape index (κ2) is 6.33. The van der Waals surface area contributed by atoms with Crippen LogP contribution in [-0.4, -0.2) is 16.6 Å². The second-order valence-corrected chi connectivity index (χ2v) is 4.72. The van der Waals surface area contributed by atoms with Gasteiger partial charge >= 0.3 is 0 Å². The van der Waals surface area contributed by atoms with Crippen LogP contribution in [0.5, 0.6) is 5.88 Å². The van der Waals surface area contributed by atoms with E-state index in [1.165, 1.54) is 0 Å². The van der Waals surface area contributed by atoms with Gasteiger partial charge in [0.25, 0.3) is 0 Å². The van der Waals surface area contributed by atoms with E-state index >= 15 is 0 Å². The van der Waals surface area contributed by atoms with Crippen LogP contribution in [0, 0.1) is 5.92 Å². The molecule has 5 heteroatoms. The molecular weight excluding hydrogens is 240 g/mol. The van der Waals surface area contributed by atoms with Gasteiger partial charge in [-0.1, -0.05) is 32.4 Å². The molecule has 0 fully saturated rings. The van der Waals surface area contributed by atoms with Crippen LogP contribution < -0.4 is 16.0 Å². The fourth-order valence-corrected chi connectivity index (χ4v) is 2.02. The number of hydrogen-bond acceptors (Lipinski definition) is 5. The Labute approximate surface area is 113 Å². The zero-order chi connectivity index (χ0) is 13.7. The molecule has 1 unspecified atom stereocenters. The Kier molecular flexibility index (Phi) is 4.52. The molecular formula is C14H20N4O. The lowest BCUT2D eigenvalue weighted by Crippen LogP contribution is -2.13. The lowest BCUT2D eigenvalue weighted by Gasteiger charge is -2.13. The normalized spacial score (nSPS) is 12.4. The van der Waals surface area contributed by atoms with E-state index in [4.69, 9.17) is 10.6 Å². The van der Waals surface area contributed by atoms with E-state index in [9.17, 15) is 0 Å². The minimum Gasteiger partial charge on any atom is -0.477 e. The van der Waals surface area contributed by atoms with Gasteiger partial charge in [-0.15, -0.1) is 0 Å². The molecule has 0 spiro atoms. The maximum atomic E-state index is 5.83. The van der Waals surface area contributed by atoms with E-state index in [0.29, 0.717) is 24.4 Å². The Hall–Kier alpha value is -1.88. The maximum absolute atomic E-state index is 5.83. The van der Waals surface area contributed by atoms with Gasteiger partial charge in [0.2, 0.25) is 11.8 Å². The first-order valence-corrected chi connectivity index (χ1v) is 6.60. The summed E-state index contributed by atoms with van der Waals surface area (Å²) in [6.07, 6.45) is 2.30. The first-order valence-electron chi connectivity index (χ1n) is 6.60. The van der Waals surface area contributed by atoms with Crippen LogP contribution in [0.2, 0.25) is 0 Å². The van der Waals surface area contributed by atoms with Crippen molar-refractivity contribution in [1.82, 2.24) is 9.97 Å². The van der Waals surface area contributed by atoms with E-state index in [-0.39, 0.29) is 0 Å². The number of nitrogens with zero attached hydrogens (tertiary/aromatic N) is 2. The topological polar surface area (TPSA) is 73.1 Å². The van der Waals surface area contributed by atoms with Gasteiger partial charge in [-0.3, -0.25) is 5.43 Å². The van der Waals surface area contributed by atoms with E-state index in [1.807, 2.05) is 24.3 Å². The molecule has 1 heterocycles. The predicted octanol–water partition coefficient (Wildman–Crippen LogP) is 2.73. The average Bonchev–Trinajstić information content (AvgIpc) is 2.44. The third-order valence-electron chi connectivity index (χ3n) is 2.98. The number of hydrazine groups is 1. The van der Waals surface area contributed by atoms with Crippen LogP contribution in [0.3, 0.4) is 0 Å². The van der Waals surface area contributed by atoms with E-state index in [0.717, 1.165) is 23.7 Å². The molecule has 0 amide bonds. The van der Waals surface area contributed by atoms with Gasteiger partial charge in [0.05, 0.1) is 17.5 Å². The highest BCUT2D eigenvalue weighted by Gasteiger charge is 2.09. The number of hydrogen-bond donors (Lipinski definition) is 2. The highest BCUT2D eigenvalue weighted by atomic mass is 16.5. The number of nitrogens with one attached hydrogen (secondary N) is 1. The molecule has 0 bridgehead atoms. The number of nitrogens with two attached hydrogens (primary N) is 1. The summed E-state index contributed by atoms with van der Waals surface area (Å²) in [5.74, 6) is 6.85. The third-order valence-corrected chi connectivity index (χ3v) is 2.98. The minimum atomic E-state index is 0.372. The molecule has 1 aromatic heterocycles. The lowest BCUT2D eigenvalue weighted by molar-refractivity contribution is 0.246. The van der Waals surface area contributed by atoms with Gasteiger partial charge in [0.15, 0.2) is 0 Å². The van der Waals surface area contributed by atoms with Gasteiger partial charge in [-0.25, -0.2) is 10.8 Å². The van der Waals surface area contributed by atoms with E-state index in [1.54, 1.807) is 0 Å². The van der Waals surface area contributed by atoms with Crippen molar-refractivity contribution in [3.05, 3.63) is 24.3 Å². The molecule has 1 atom stereocenters. The SMILES string of the molecule is CCCC(C)COc1nc(NN)nc2ccccc12. The zero-order valence-electron chi connectivity index (χ0n) is 11.4. The summed E-state index contributed by atoms with van der Waals surface area (Å²) in [4.78, 5) is 8.57. The van der Waals surface area contributed by atoms with Crippen molar-refractivity contribution in [3.8, 4) is 5.88 Å². The van der Waals surface area contributed by atoms with Crippen molar-refractivity contribution in [2.45, 2.75) is 26.7 Å². The highest BCUT2D eigenvalue weighted by Crippen LogP contribution is 2.24. The Morgan fingerprint density at radius 2 is 2.11 bits per heavy atom. The number of benzene rings is 1. The summed E-state index contributed by atoms with van der Waals surface area (Å²) in [7, 11) is 0. The van der Waals surface area contributed by atoms with Crippen LogP contribution in [-0.2, 0) is 0 Å². The summed E-state index contributed by atoms with van der Waals surface area (Å²) in [6.45, 7) is 5.00. The predicted molar refractivity (Wildman–Crippen MR) is 76.9 cm³/mol. The summed E-state index contributed by atoms with van der Waals surface area (Å²) in [5, 5.41) is 0.908. The maximum Gasteiger partial charge on any atom is 0.241 e. The molecule has 0 saturated carbocycles. The Morgan fingerprint density at radius 1 is 1.32 bits per heavy atom. The van der Waals surface area contributed by atoms with Crippen LogP contribution in [0.1, 0.15) is 26.7 Å². The summed E-state index contributed by atoms with van der Waals surface area (Å²) >= 11 is 0. The molecule has 102 valence electrons. The molecule has 0 radical (unpaired) electrons. The largest absolute Gasteiger partial charge is 0.477 e. The second-order valence-electron chi connectivity index (χ2n) is 4.72. The van der Waals surface area contributed by atoms with Gasteiger partial charge < -0.3 is 4.74 Å². The molecule has 0 aliphatic carbocycles. The summed E-state index contributed by atoms with van der Waals surface area (Å²) in [6, 6.07) is 7.75. The van der Waals surface area contributed by atoms with Gasteiger partial charge in [-0.2, -0.15) is 4.98 Å². The number of nitrogen functional groups attached to an aromatic ring is 1. The smallest absolute Gasteiger partial charge is 0.241 e. The summed E-state index contributed by atoms with van der Waals surface area (Å²) < 4.78 is 5.83. The number of para-hydroxylation sites is 1. The standard InChI is InChI=1S/C14H20N4O/c1-3-6-10(2)9-19-13-11-7-4-5-8-12(11)16-14(17-13)18-15/h4-5,7-8,10H,3,6,9,15H2,1-2H3,(H,16,17,18). The van der Waals surface area contributed by atoms with Crippen molar-refractivity contribution in [1.29, 1.82) is 0 Å². The number of ether oxygens (including phenoxy) is 1. The van der Waals surface area contributed by atoms with Crippen LogP contribution in [0.4, 0.5) is 5.95 Å². The fourth-order valence-electron chi connectivity index (χ4n) is 2.02. The van der Waals surface area contributed by atoms with Crippen LogP contribution in [0.15, 0.2) is 24.3 Å². The van der Waals surface area contributed by atoms with E-state index in [2.05, 4.69) is 29.2 Å². The number of aromatic nitrogens is 2. The molecule has 19 heavy (non-hydrogen) atoms. The molecule has 0 aliphatic heterocycles. The first-order chi connectivity index (χ1) is 9.24. The van der Waals surface area contributed by atoms with Crippen molar-refractivity contribution < 1.29 is 4.74 Å². The van der Waals surface area contributed by atoms with Gasteiger partial charge in [0.1, 0.15) is 0 Å². The number of fused-ring (bicyclic) bond motifs is 1. The Bertz CT molecular complexity index is 544. The Balaban J connectivity index is 2.25. The van der Waals surface area contributed by atoms with Gasteiger partial charge in [-0.05, 0) is 24.5 Å². The molecule has 0 saturated heterocycles. The minimum absolute atomic E-state index is 0.372. The average molecular weight is 260 g/mol. The van der Waals surface area contributed by atoms with Crippen molar-refractivity contribution >= 4 is 16.9 Å². The Morgan fingerprint density at radius 3 is 2.84 bits per heavy atom. The van der Waals surface area contributed by atoms with Crippen LogP contribution in [0.25, 0.3) is 10.9 Å². The summed E-state index contributed by atoms with van der Waals surface area (Å²) in [5.41, 5.74) is 3.29. The monoisotopic (exact) mass is 260 g/mol. The number of rotatable bonds is 6. The van der Waals surface area contributed by atoms with Crippen molar-refractivity contribution in [2.24, 2.45) is 11.8 Å². The molecule has 3 N–H and O–H groups in total. The van der Waals surface area contributed by atoms with Gasteiger partial charge in [0, 0.05) is 0 Å². The number of anilines is 1. The molecule has 2 aromatic rings. The van der Waals surface area contributed by atoms with Crippen LogP contribution >= 0.6 is 0 Å². The molecule has 5 nitrogen and oxygen atoms in total. The molecule has 2 rings (SSSR count). The first kappa shape index (κ1) is 13.5. The van der Waals surface area contributed by atoms with Crippen molar-refractivity contribution in [2.75, 3.05) is 12.0 Å².